The Morgan fingerprint density at radius 1 is 1.27 bits per heavy atom. The maximum Gasteiger partial charge on any atom is 0.320 e. The fourth-order valence-corrected chi connectivity index (χ4v) is 4.17. The highest BCUT2D eigenvalue weighted by molar-refractivity contribution is 5.73. The number of fused-ring (bicyclic) bond motifs is 2. The molecule has 5 heteroatoms. The highest BCUT2D eigenvalue weighted by atomic mass is 16.4. The summed E-state index contributed by atoms with van der Waals surface area (Å²) in [6.45, 7) is 2.86. The highest BCUT2D eigenvalue weighted by Gasteiger charge is 2.42. The van der Waals surface area contributed by atoms with E-state index in [1.165, 1.54) is 6.07 Å². The zero-order chi connectivity index (χ0) is 15.9. The van der Waals surface area contributed by atoms with E-state index in [0.717, 1.165) is 36.9 Å². The molecule has 1 aromatic carbocycles. The number of hydrogen-bond donors (Lipinski definition) is 3. The molecule has 1 heterocycles. The third kappa shape index (κ3) is 2.43. The third-order valence-corrected chi connectivity index (χ3v) is 5.20. The zero-order valence-electron chi connectivity index (χ0n) is 12.8. The molecule has 1 unspecified atom stereocenters. The molecule has 1 fully saturated rings. The maximum absolute atomic E-state index is 11.5. The van der Waals surface area contributed by atoms with Crippen molar-refractivity contribution in [2.45, 2.75) is 51.1 Å². The lowest BCUT2D eigenvalue weighted by Gasteiger charge is -2.47. The van der Waals surface area contributed by atoms with Gasteiger partial charge in [0.1, 0.15) is 6.04 Å². The lowest BCUT2D eigenvalue weighted by Crippen LogP contribution is -2.56. The molecule has 1 aliphatic heterocycles. The number of carbonyl (C=O) groups is 1. The maximum atomic E-state index is 11.5. The summed E-state index contributed by atoms with van der Waals surface area (Å²) in [6.07, 6.45) is 3.91. The van der Waals surface area contributed by atoms with Gasteiger partial charge in [0.25, 0.3) is 0 Å². The number of rotatable bonds is 3. The fraction of sp³-hybridized carbons (Fsp3) is 0.588. The van der Waals surface area contributed by atoms with E-state index in [0.29, 0.717) is 18.8 Å². The Labute approximate surface area is 130 Å². The first-order chi connectivity index (χ1) is 10.5. The number of hydrogen-bond acceptors (Lipinski definition) is 4. The van der Waals surface area contributed by atoms with E-state index in [9.17, 15) is 20.1 Å². The zero-order valence-corrected chi connectivity index (χ0v) is 12.8. The van der Waals surface area contributed by atoms with Crippen LogP contribution in [0.5, 0.6) is 11.5 Å². The van der Waals surface area contributed by atoms with Gasteiger partial charge in [0.2, 0.25) is 0 Å². The molecule has 0 radical (unpaired) electrons. The number of aromatic hydroxyl groups is 2. The molecule has 3 N–H and O–H groups in total. The predicted molar refractivity (Wildman–Crippen MR) is 82.1 cm³/mol. The molecule has 1 aliphatic carbocycles. The van der Waals surface area contributed by atoms with Gasteiger partial charge in [0.15, 0.2) is 11.5 Å². The summed E-state index contributed by atoms with van der Waals surface area (Å²) < 4.78 is 0. The number of piperidine rings is 1. The number of phenolic OH excluding ortho intramolecular Hbond substituents is 2. The van der Waals surface area contributed by atoms with Crippen LogP contribution in [-0.4, -0.2) is 44.8 Å². The first kappa shape index (κ1) is 15.2. The predicted octanol–water partition coefficient (Wildman–Crippen LogP) is 2.14. The molecule has 3 rings (SSSR count). The quantitative estimate of drug-likeness (QED) is 0.746. The van der Waals surface area contributed by atoms with Crippen LogP contribution in [0.3, 0.4) is 0 Å². The first-order valence-corrected chi connectivity index (χ1v) is 8.04. The molecule has 0 aromatic heterocycles. The molecular weight excluding hydrogens is 282 g/mol. The van der Waals surface area contributed by atoms with Crippen molar-refractivity contribution in [3.63, 3.8) is 0 Å². The van der Waals surface area contributed by atoms with Crippen molar-refractivity contribution in [2.24, 2.45) is 5.92 Å². The second kappa shape index (κ2) is 5.80. The van der Waals surface area contributed by atoms with Crippen molar-refractivity contribution in [3.05, 3.63) is 23.3 Å². The van der Waals surface area contributed by atoms with Gasteiger partial charge < -0.3 is 15.3 Å². The lowest BCUT2D eigenvalue weighted by molar-refractivity contribution is -0.147. The van der Waals surface area contributed by atoms with Crippen LogP contribution in [0.15, 0.2) is 12.1 Å². The summed E-state index contributed by atoms with van der Waals surface area (Å²) in [5, 5.41) is 29.3. The van der Waals surface area contributed by atoms with Crippen LogP contribution in [0.1, 0.15) is 37.3 Å². The summed E-state index contributed by atoms with van der Waals surface area (Å²) in [4.78, 5) is 13.7. The Morgan fingerprint density at radius 2 is 2.05 bits per heavy atom. The van der Waals surface area contributed by atoms with Crippen molar-refractivity contribution in [1.82, 2.24) is 4.90 Å². The number of aliphatic carboxylic acids is 1. The topological polar surface area (TPSA) is 81.0 Å². The van der Waals surface area contributed by atoms with Crippen LogP contribution in [0.25, 0.3) is 0 Å². The van der Waals surface area contributed by atoms with E-state index >= 15 is 0 Å². The number of benzene rings is 1. The summed E-state index contributed by atoms with van der Waals surface area (Å²) in [5.41, 5.74) is 1.87. The molecule has 0 saturated carbocycles. The highest BCUT2D eigenvalue weighted by Crippen LogP contribution is 2.42. The minimum atomic E-state index is -0.730. The van der Waals surface area contributed by atoms with Crippen molar-refractivity contribution >= 4 is 5.97 Å². The second-order valence-corrected chi connectivity index (χ2v) is 6.48. The van der Waals surface area contributed by atoms with Crippen LogP contribution in [-0.2, 0) is 17.6 Å². The molecule has 0 spiro atoms. The second-order valence-electron chi connectivity index (χ2n) is 6.48. The molecule has 0 amide bonds. The van der Waals surface area contributed by atoms with Crippen LogP contribution < -0.4 is 0 Å². The molecule has 3 atom stereocenters. The Balaban J connectivity index is 1.93. The van der Waals surface area contributed by atoms with E-state index in [1.54, 1.807) is 0 Å². The number of likely N-dealkylation sites (tertiary alicyclic amines) is 1. The van der Waals surface area contributed by atoms with Gasteiger partial charge >= 0.3 is 5.97 Å². The van der Waals surface area contributed by atoms with Gasteiger partial charge in [-0.2, -0.15) is 0 Å². The minimum absolute atomic E-state index is 0.00153. The van der Waals surface area contributed by atoms with Crippen LogP contribution in [0.2, 0.25) is 0 Å². The average molecular weight is 305 g/mol. The normalized spacial score (nSPS) is 28.0. The summed E-state index contributed by atoms with van der Waals surface area (Å²) >= 11 is 0. The monoisotopic (exact) mass is 305 g/mol. The van der Waals surface area contributed by atoms with Gasteiger partial charge in [0.05, 0.1) is 0 Å². The smallest absolute Gasteiger partial charge is 0.320 e. The van der Waals surface area contributed by atoms with E-state index in [2.05, 4.69) is 11.8 Å². The molecular formula is C17H23NO4. The average Bonchev–Trinajstić information content (AvgIpc) is 2.50. The fourth-order valence-electron chi connectivity index (χ4n) is 4.17. The van der Waals surface area contributed by atoms with Gasteiger partial charge in [0, 0.05) is 11.6 Å². The Hall–Kier alpha value is -1.75. The number of carboxylic acid groups (broad SMARTS) is 1. The summed E-state index contributed by atoms with van der Waals surface area (Å²) in [7, 11) is 0. The molecule has 1 aromatic rings. The number of phenols is 2. The van der Waals surface area contributed by atoms with E-state index in [-0.39, 0.29) is 17.5 Å². The van der Waals surface area contributed by atoms with Gasteiger partial charge in [-0.15, -0.1) is 0 Å². The SMILES string of the molecule is CCCN1C(C(=O)O)CC[C@H]2Cc3c(ccc(O)c3O)C[C@@H]21. The third-order valence-electron chi connectivity index (χ3n) is 5.20. The van der Waals surface area contributed by atoms with Gasteiger partial charge in [-0.25, -0.2) is 0 Å². The van der Waals surface area contributed by atoms with Crippen molar-refractivity contribution in [2.75, 3.05) is 6.54 Å². The van der Waals surface area contributed by atoms with Gasteiger partial charge in [-0.05, 0) is 56.2 Å². The van der Waals surface area contributed by atoms with Gasteiger partial charge in [-0.3, -0.25) is 9.69 Å². The minimum Gasteiger partial charge on any atom is -0.504 e. The summed E-state index contributed by atoms with van der Waals surface area (Å²) in [5.74, 6) is -0.450. The van der Waals surface area contributed by atoms with E-state index < -0.39 is 12.0 Å². The molecule has 120 valence electrons. The lowest BCUT2D eigenvalue weighted by atomic mass is 9.73. The number of carboxylic acids is 1. The van der Waals surface area contributed by atoms with Crippen LogP contribution in [0.4, 0.5) is 0 Å². The standard InChI is InChI=1S/C17H23NO4/c1-2-7-18-13(17(21)22)5-3-11-8-12-10(9-14(11)18)4-6-15(19)16(12)20/h4,6,11,13-14,19-20H,2-3,5,7-9H2,1H3,(H,21,22)/t11-,13?,14-/m0/s1. The first-order valence-electron chi connectivity index (χ1n) is 8.04. The summed E-state index contributed by atoms with van der Waals surface area (Å²) in [6, 6.07) is 3.20. The largest absolute Gasteiger partial charge is 0.504 e. The molecule has 5 nitrogen and oxygen atoms in total. The Kier molecular flexibility index (Phi) is 4.00. The number of nitrogens with zero attached hydrogens (tertiary/aromatic N) is 1. The van der Waals surface area contributed by atoms with E-state index in [1.807, 2.05) is 6.07 Å². The Morgan fingerprint density at radius 3 is 2.73 bits per heavy atom. The van der Waals surface area contributed by atoms with Crippen molar-refractivity contribution in [3.8, 4) is 11.5 Å². The molecule has 2 aliphatic rings. The van der Waals surface area contributed by atoms with Crippen molar-refractivity contribution in [1.29, 1.82) is 0 Å². The Bertz CT molecular complexity index is 586. The van der Waals surface area contributed by atoms with E-state index in [4.69, 9.17) is 0 Å². The van der Waals surface area contributed by atoms with Crippen molar-refractivity contribution < 1.29 is 20.1 Å². The van der Waals surface area contributed by atoms with Crippen LogP contribution >= 0.6 is 0 Å². The molecule has 22 heavy (non-hydrogen) atoms. The molecule has 1 saturated heterocycles. The van der Waals surface area contributed by atoms with Crippen LogP contribution in [0, 0.1) is 5.92 Å². The molecule has 0 bridgehead atoms. The van der Waals surface area contributed by atoms with Gasteiger partial charge in [-0.1, -0.05) is 13.0 Å².